The molecule has 1 aromatic carbocycles. The topological polar surface area (TPSA) is 73.0 Å². The number of rotatable bonds is 9. The fourth-order valence-electron chi connectivity index (χ4n) is 3.63. The zero-order valence-electron chi connectivity index (χ0n) is 18.4. The van der Waals surface area contributed by atoms with E-state index in [1.54, 1.807) is 12.1 Å². The molecule has 29 heavy (non-hydrogen) atoms. The van der Waals surface area contributed by atoms with E-state index in [-0.39, 0.29) is 16.7 Å². The number of likely N-dealkylation sites (N-methyl/N-ethyl adjacent to an activating group) is 1. The van der Waals surface area contributed by atoms with Crippen LogP contribution in [0.1, 0.15) is 40.5 Å². The minimum absolute atomic E-state index is 0.0698. The Balaban J connectivity index is 2.42. The molecule has 0 saturated carbocycles. The van der Waals surface area contributed by atoms with Crippen LogP contribution in [0.15, 0.2) is 23.1 Å². The van der Waals surface area contributed by atoms with Crippen molar-refractivity contribution in [1.29, 1.82) is 0 Å². The molecule has 0 aliphatic carbocycles. The number of anilines is 2. The Morgan fingerprint density at radius 2 is 1.76 bits per heavy atom. The third-order valence-corrected chi connectivity index (χ3v) is 7.63. The molecule has 1 aromatic rings. The predicted molar refractivity (Wildman–Crippen MR) is 119 cm³/mol. The fraction of sp³-hybridized carbons (Fsp3) is 0.667. The van der Waals surface area contributed by atoms with Crippen molar-refractivity contribution >= 4 is 27.3 Å². The van der Waals surface area contributed by atoms with Gasteiger partial charge in [0.1, 0.15) is 0 Å². The fourth-order valence-corrected chi connectivity index (χ4v) is 5.12. The zero-order valence-corrected chi connectivity index (χ0v) is 19.3. The molecule has 7 nitrogen and oxygen atoms in total. The standard InChI is InChI=1S/C21H36N4O3S/c1-6-9-17(4)21(26)22-19-16-18(29(27,28)25(7-2)8-3)10-11-20(19)24-14-12-23(5)13-15-24/h10-11,16-17H,6-9,12-15H2,1-5H3,(H,22,26)/t17-/m0/s1. The van der Waals surface area contributed by atoms with Gasteiger partial charge in [0.15, 0.2) is 0 Å². The second-order valence-corrected chi connectivity index (χ2v) is 9.68. The largest absolute Gasteiger partial charge is 0.367 e. The van der Waals surface area contributed by atoms with E-state index in [2.05, 4.69) is 29.1 Å². The summed E-state index contributed by atoms with van der Waals surface area (Å²) >= 11 is 0. The van der Waals surface area contributed by atoms with Gasteiger partial charge in [0.25, 0.3) is 0 Å². The summed E-state index contributed by atoms with van der Waals surface area (Å²) in [6, 6.07) is 5.12. The molecule has 1 saturated heterocycles. The molecule has 1 heterocycles. The summed E-state index contributed by atoms with van der Waals surface area (Å²) in [4.78, 5) is 17.4. The number of nitrogens with one attached hydrogen (secondary N) is 1. The lowest BCUT2D eigenvalue weighted by molar-refractivity contribution is -0.119. The molecule has 1 aliphatic rings. The van der Waals surface area contributed by atoms with Crippen molar-refractivity contribution in [3.63, 3.8) is 0 Å². The van der Waals surface area contributed by atoms with Crippen LogP contribution in [0, 0.1) is 5.92 Å². The number of nitrogens with zero attached hydrogens (tertiary/aromatic N) is 3. The molecule has 0 aromatic heterocycles. The highest BCUT2D eigenvalue weighted by molar-refractivity contribution is 7.89. The molecular formula is C21H36N4O3S. The number of benzene rings is 1. The second-order valence-electron chi connectivity index (χ2n) is 7.74. The van der Waals surface area contributed by atoms with Crippen LogP contribution in [0.25, 0.3) is 0 Å². The van der Waals surface area contributed by atoms with Crippen LogP contribution in [0.5, 0.6) is 0 Å². The summed E-state index contributed by atoms with van der Waals surface area (Å²) < 4.78 is 27.4. The Morgan fingerprint density at radius 1 is 1.14 bits per heavy atom. The van der Waals surface area contributed by atoms with Gasteiger partial charge in [-0.15, -0.1) is 0 Å². The molecule has 164 valence electrons. The third-order valence-electron chi connectivity index (χ3n) is 5.58. The van der Waals surface area contributed by atoms with Gasteiger partial charge in [-0.05, 0) is 31.7 Å². The highest BCUT2D eigenvalue weighted by Crippen LogP contribution is 2.31. The lowest BCUT2D eigenvalue weighted by atomic mass is 10.1. The Bertz CT molecular complexity index is 785. The molecule has 0 unspecified atom stereocenters. The maximum atomic E-state index is 13.0. The van der Waals surface area contributed by atoms with Gasteiger partial charge >= 0.3 is 0 Å². The molecule has 1 amide bonds. The number of piperazine rings is 1. The number of amides is 1. The molecule has 2 rings (SSSR count). The number of hydrogen-bond donors (Lipinski definition) is 1. The summed E-state index contributed by atoms with van der Waals surface area (Å²) in [6.45, 7) is 12.0. The van der Waals surface area contributed by atoms with Crippen molar-refractivity contribution in [3.8, 4) is 0 Å². The molecular weight excluding hydrogens is 388 g/mol. The number of sulfonamides is 1. The van der Waals surface area contributed by atoms with Crippen molar-refractivity contribution in [1.82, 2.24) is 9.21 Å². The van der Waals surface area contributed by atoms with Crippen molar-refractivity contribution in [2.75, 3.05) is 56.5 Å². The molecule has 1 atom stereocenters. The molecule has 0 radical (unpaired) electrons. The van der Waals surface area contributed by atoms with Crippen LogP contribution in [-0.2, 0) is 14.8 Å². The molecule has 0 bridgehead atoms. The quantitative estimate of drug-likeness (QED) is 0.660. The van der Waals surface area contributed by atoms with E-state index in [0.29, 0.717) is 18.8 Å². The minimum atomic E-state index is -3.59. The molecule has 8 heteroatoms. The van der Waals surface area contributed by atoms with Gasteiger partial charge < -0.3 is 15.1 Å². The first kappa shape index (κ1) is 23.6. The normalized spacial score (nSPS) is 16.8. The van der Waals surface area contributed by atoms with Crippen LogP contribution in [-0.4, -0.2) is 69.8 Å². The number of hydrogen-bond acceptors (Lipinski definition) is 5. The number of carbonyl (C=O) groups excluding carboxylic acids is 1. The van der Waals surface area contributed by atoms with Crippen molar-refractivity contribution in [2.45, 2.75) is 45.4 Å². The van der Waals surface area contributed by atoms with Gasteiger partial charge in [-0.3, -0.25) is 4.79 Å². The van der Waals surface area contributed by atoms with Crippen LogP contribution >= 0.6 is 0 Å². The van der Waals surface area contributed by atoms with Crippen LogP contribution in [0.4, 0.5) is 11.4 Å². The second kappa shape index (κ2) is 10.4. The van der Waals surface area contributed by atoms with E-state index >= 15 is 0 Å². The monoisotopic (exact) mass is 424 g/mol. The van der Waals surface area contributed by atoms with E-state index < -0.39 is 10.0 Å². The number of carbonyl (C=O) groups is 1. The SMILES string of the molecule is CCC[C@H](C)C(=O)Nc1cc(S(=O)(=O)N(CC)CC)ccc1N1CCN(C)CC1. The molecule has 1 fully saturated rings. The van der Waals surface area contributed by atoms with E-state index in [1.807, 2.05) is 26.8 Å². The highest BCUT2D eigenvalue weighted by Gasteiger charge is 2.25. The Hall–Kier alpha value is -1.64. The van der Waals surface area contributed by atoms with E-state index in [4.69, 9.17) is 0 Å². The van der Waals surface area contributed by atoms with Gasteiger partial charge in [-0.1, -0.05) is 34.1 Å². The Labute approximate surface area is 176 Å². The first-order valence-electron chi connectivity index (χ1n) is 10.6. The van der Waals surface area contributed by atoms with Gasteiger partial charge in [-0.2, -0.15) is 4.31 Å². The highest BCUT2D eigenvalue weighted by atomic mass is 32.2. The summed E-state index contributed by atoms with van der Waals surface area (Å²) in [7, 11) is -1.50. The zero-order chi connectivity index (χ0) is 21.6. The average Bonchev–Trinajstić information content (AvgIpc) is 2.69. The Morgan fingerprint density at radius 3 is 2.31 bits per heavy atom. The lowest BCUT2D eigenvalue weighted by Gasteiger charge is -2.35. The van der Waals surface area contributed by atoms with Gasteiger partial charge in [0, 0.05) is 45.2 Å². The maximum absolute atomic E-state index is 13.0. The van der Waals surface area contributed by atoms with Gasteiger partial charge in [-0.25, -0.2) is 8.42 Å². The van der Waals surface area contributed by atoms with Gasteiger partial charge in [0.2, 0.25) is 15.9 Å². The molecule has 1 N–H and O–H groups in total. The first-order chi connectivity index (χ1) is 13.7. The summed E-state index contributed by atoms with van der Waals surface area (Å²) in [6.07, 6.45) is 1.73. The van der Waals surface area contributed by atoms with Crippen LogP contribution in [0.2, 0.25) is 0 Å². The first-order valence-corrected chi connectivity index (χ1v) is 12.1. The summed E-state index contributed by atoms with van der Waals surface area (Å²) in [5.74, 6) is -0.192. The lowest BCUT2D eigenvalue weighted by Crippen LogP contribution is -2.44. The maximum Gasteiger partial charge on any atom is 0.243 e. The summed E-state index contributed by atoms with van der Waals surface area (Å²) in [5, 5.41) is 3.01. The van der Waals surface area contributed by atoms with Gasteiger partial charge in [0.05, 0.1) is 16.3 Å². The minimum Gasteiger partial charge on any atom is -0.367 e. The van der Waals surface area contributed by atoms with Crippen LogP contribution in [0.3, 0.4) is 0 Å². The average molecular weight is 425 g/mol. The van der Waals surface area contributed by atoms with Crippen molar-refractivity contribution in [2.24, 2.45) is 5.92 Å². The smallest absolute Gasteiger partial charge is 0.243 e. The van der Waals surface area contributed by atoms with Crippen molar-refractivity contribution < 1.29 is 13.2 Å². The van der Waals surface area contributed by atoms with E-state index in [1.165, 1.54) is 4.31 Å². The molecule has 0 spiro atoms. The van der Waals surface area contributed by atoms with E-state index in [0.717, 1.165) is 44.7 Å². The van der Waals surface area contributed by atoms with Crippen LogP contribution < -0.4 is 10.2 Å². The summed E-state index contributed by atoms with van der Waals surface area (Å²) in [5.41, 5.74) is 1.46. The third kappa shape index (κ3) is 5.71. The predicted octanol–water partition coefficient (Wildman–Crippen LogP) is 2.84. The Kier molecular flexibility index (Phi) is 8.48. The molecule has 1 aliphatic heterocycles. The van der Waals surface area contributed by atoms with E-state index in [9.17, 15) is 13.2 Å². The van der Waals surface area contributed by atoms with Crippen molar-refractivity contribution in [3.05, 3.63) is 18.2 Å².